The highest BCUT2D eigenvalue weighted by Crippen LogP contribution is 2.02. The van der Waals surface area contributed by atoms with Gasteiger partial charge in [-0.25, -0.2) is 0 Å². The number of hydrogen-bond donors (Lipinski definition) is 0. The van der Waals surface area contributed by atoms with Gasteiger partial charge in [0.05, 0.1) is 0 Å². The van der Waals surface area contributed by atoms with Crippen LogP contribution in [0.3, 0.4) is 0 Å². The number of carbonyl (C=O) groups is 1. The Bertz CT molecular complexity index is 143. The Morgan fingerprint density at radius 3 is 2.70 bits per heavy atom. The molecule has 0 unspecified atom stereocenters. The molecule has 0 atom stereocenters. The average Bonchev–Trinajstić information content (AvgIpc) is 1.89. The predicted molar refractivity (Wildman–Crippen MR) is 43.9 cm³/mol. The van der Waals surface area contributed by atoms with E-state index in [-0.39, 0.29) is 0 Å². The Kier molecular flexibility index (Phi) is 5.74. The van der Waals surface area contributed by atoms with Gasteiger partial charge in [-0.1, -0.05) is 17.7 Å². The molecule has 0 aliphatic rings. The molecule has 1 nitrogen and oxygen atoms in total. The molecule has 0 saturated heterocycles. The van der Waals surface area contributed by atoms with Crippen LogP contribution in [0.25, 0.3) is 0 Å². The molecular weight excluding hydrogens is 124 g/mol. The zero-order valence-electron chi connectivity index (χ0n) is 6.63. The van der Waals surface area contributed by atoms with E-state index in [1.807, 2.05) is 19.9 Å². The quantitative estimate of drug-likeness (QED) is 0.331. The van der Waals surface area contributed by atoms with E-state index in [1.165, 1.54) is 0 Å². The predicted octanol–water partition coefficient (Wildman–Crippen LogP) is 2.49. The van der Waals surface area contributed by atoms with Crippen LogP contribution in [0.5, 0.6) is 0 Å². The highest BCUT2D eigenvalue weighted by atomic mass is 16.1. The minimum Gasteiger partial charge on any atom is -0.299 e. The maximum Gasteiger partial charge on any atom is 0.142 e. The van der Waals surface area contributed by atoms with Crippen LogP contribution in [0.2, 0.25) is 0 Å². The SMILES string of the molecule is C/C=C/CC/C(C)=C/C=O. The van der Waals surface area contributed by atoms with Crippen LogP contribution in [0, 0.1) is 0 Å². The highest BCUT2D eigenvalue weighted by Gasteiger charge is 1.84. The second-order valence-electron chi connectivity index (χ2n) is 2.26. The summed E-state index contributed by atoms with van der Waals surface area (Å²) < 4.78 is 0. The van der Waals surface area contributed by atoms with Crippen LogP contribution < -0.4 is 0 Å². The topological polar surface area (TPSA) is 17.1 Å². The number of rotatable bonds is 4. The Morgan fingerprint density at radius 2 is 2.20 bits per heavy atom. The Morgan fingerprint density at radius 1 is 1.50 bits per heavy atom. The lowest BCUT2D eigenvalue weighted by atomic mass is 10.1. The largest absolute Gasteiger partial charge is 0.299 e. The van der Waals surface area contributed by atoms with Crippen molar-refractivity contribution in [3.63, 3.8) is 0 Å². The third-order valence-electron chi connectivity index (χ3n) is 1.29. The molecule has 0 fully saturated rings. The maximum atomic E-state index is 9.95. The first-order valence-electron chi connectivity index (χ1n) is 3.53. The molecule has 0 spiro atoms. The van der Waals surface area contributed by atoms with Crippen molar-refractivity contribution in [3.8, 4) is 0 Å². The zero-order chi connectivity index (χ0) is 7.82. The van der Waals surface area contributed by atoms with Crippen molar-refractivity contribution < 1.29 is 4.79 Å². The van der Waals surface area contributed by atoms with Gasteiger partial charge in [0, 0.05) is 0 Å². The van der Waals surface area contributed by atoms with Crippen molar-refractivity contribution in [1.82, 2.24) is 0 Å². The second-order valence-corrected chi connectivity index (χ2v) is 2.26. The summed E-state index contributed by atoms with van der Waals surface area (Å²) in [5.74, 6) is 0. The van der Waals surface area contributed by atoms with Gasteiger partial charge < -0.3 is 0 Å². The van der Waals surface area contributed by atoms with Gasteiger partial charge in [0.15, 0.2) is 0 Å². The minimum atomic E-state index is 0.838. The molecule has 10 heavy (non-hydrogen) atoms. The summed E-state index contributed by atoms with van der Waals surface area (Å²) >= 11 is 0. The third kappa shape index (κ3) is 5.29. The van der Waals surface area contributed by atoms with E-state index in [1.54, 1.807) is 6.08 Å². The Hall–Kier alpha value is -0.850. The summed E-state index contributed by atoms with van der Waals surface area (Å²) in [5, 5.41) is 0. The lowest BCUT2D eigenvalue weighted by molar-refractivity contribution is -0.104. The molecule has 0 radical (unpaired) electrons. The van der Waals surface area contributed by atoms with Gasteiger partial charge in [0.1, 0.15) is 6.29 Å². The first-order valence-corrected chi connectivity index (χ1v) is 3.53. The molecule has 0 bridgehead atoms. The third-order valence-corrected chi connectivity index (χ3v) is 1.29. The molecule has 0 N–H and O–H groups in total. The fraction of sp³-hybridized carbons (Fsp3) is 0.444. The van der Waals surface area contributed by atoms with Gasteiger partial charge in [-0.3, -0.25) is 4.79 Å². The summed E-state index contributed by atoms with van der Waals surface area (Å²) in [6.07, 6.45) is 8.60. The second kappa shape index (κ2) is 6.27. The monoisotopic (exact) mass is 138 g/mol. The van der Waals surface area contributed by atoms with Crippen molar-refractivity contribution in [1.29, 1.82) is 0 Å². The molecule has 0 saturated carbocycles. The van der Waals surface area contributed by atoms with E-state index in [0.29, 0.717) is 0 Å². The first-order chi connectivity index (χ1) is 4.81. The van der Waals surface area contributed by atoms with Gasteiger partial charge in [0.2, 0.25) is 0 Å². The maximum absolute atomic E-state index is 9.95. The Balaban J connectivity index is 3.48. The van der Waals surface area contributed by atoms with Crippen molar-refractivity contribution in [2.75, 3.05) is 0 Å². The van der Waals surface area contributed by atoms with Crippen LogP contribution >= 0.6 is 0 Å². The molecule has 0 aromatic carbocycles. The first kappa shape index (κ1) is 9.15. The minimum absolute atomic E-state index is 0.838. The summed E-state index contributed by atoms with van der Waals surface area (Å²) in [4.78, 5) is 9.95. The van der Waals surface area contributed by atoms with Crippen molar-refractivity contribution >= 4 is 6.29 Å². The summed E-state index contributed by atoms with van der Waals surface area (Å²) in [6, 6.07) is 0. The van der Waals surface area contributed by atoms with Crippen molar-refractivity contribution in [2.45, 2.75) is 26.7 Å². The number of carbonyl (C=O) groups excluding carboxylic acids is 1. The number of aldehydes is 1. The van der Waals surface area contributed by atoms with E-state index >= 15 is 0 Å². The average molecular weight is 138 g/mol. The van der Waals surface area contributed by atoms with E-state index in [4.69, 9.17) is 0 Å². The van der Waals surface area contributed by atoms with Crippen molar-refractivity contribution in [3.05, 3.63) is 23.8 Å². The Labute approximate surface area is 62.4 Å². The fourth-order valence-corrected chi connectivity index (χ4v) is 0.677. The molecule has 0 aliphatic carbocycles. The van der Waals surface area contributed by atoms with E-state index in [0.717, 1.165) is 24.7 Å². The summed E-state index contributed by atoms with van der Waals surface area (Å²) in [7, 11) is 0. The van der Waals surface area contributed by atoms with Gasteiger partial charge in [0.25, 0.3) is 0 Å². The lowest BCUT2D eigenvalue weighted by Crippen LogP contribution is -1.75. The van der Waals surface area contributed by atoms with Gasteiger partial charge in [-0.05, 0) is 32.8 Å². The molecule has 0 aromatic heterocycles. The van der Waals surface area contributed by atoms with Crippen LogP contribution in [-0.4, -0.2) is 6.29 Å². The molecular formula is C9H14O. The van der Waals surface area contributed by atoms with Crippen LogP contribution in [0.4, 0.5) is 0 Å². The van der Waals surface area contributed by atoms with Crippen LogP contribution in [0.1, 0.15) is 26.7 Å². The van der Waals surface area contributed by atoms with Gasteiger partial charge >= 0.3 is 0 Å². The molecule has 0 heterocycles. The van der Waals surface area contributed by atoms with E-state index < -0.39 is 0 Å². The summed E-state index contributed by atoms with van der Waals surface area (Å²) in [5.41, 5.74) is 1.15. The zero-order valence-corrected chi connectivity index (χ0v) is 6.63. The molecule has 0 amide bonds. The molecule has 1 heteroatoms. The fourth-order valence-electron chi connectivity index (χ4n) is 0.677. The smallest absolute Gasteiger partial charge is 0.142 e. The van der Waals surface area contributed by atoms with E-state index in [9.17, 15) is 4.79 Å². The lowest BCUT2D eigenvalue weighted by Gasteiger charge is -1.92. The normalized spacial score (nSPS) is 12.4. The van der Waals surface area contributed by atoms with Crippen molar-refractivity contribution in [2.24, 2.45) is 0 Å². The standard InChI is InChI=1S/C9H14O/c1-3-4-5-6-9(2)7-8-10/h3-4,7-8H,5-6H2,1-2H3/b4-3+,9-7+. The van der Waals surface area contributed by atoms with E-state index in [2.05, 4.69) is 6.08 Å². The number of allylic oxidation sites excluding steroid dienone is 4. The molecule has 0 aromatic rings. The number of hydrogen-bond acceptors (Lipinski definition) is 1. The van der Waals surface area contributed by atoms with Crippen LogP contribution in [-0.2, 0) is 4.79 Å². The van der Waals surface area contributed by atoms with Crippen LogP contribution in [0.15, 0.2) is 23.8 Å². The molecule has 0 aliphatic heterocycles. The highest BCUT2D eigenvalue weighted by molar-refractivity contribution is 5.65. The van der Waals surface area contributed by atoms with Gasteiger partial charge in [-0.2, -0.15) is 0 Å². The van der Waals surface area contributed by atoms with Gasteiger partial charge in [-0.15, -0.1) is 0 Å². The molecule has 56 valence electrons. The summed E-state index contributed by atoms with van der Waals surface area (Å²) in [6.45, 7) is 3.97. The molecule has 0 rings (SSSR count).